The highest BCUT2D eigenvalue weighted by atomic mass is 32.1. The Hall–Kier alpha value is -1.24. The first-order valence-electron chi connectivity index (χ1n) is 7.68. The van der Waals surface area contributed by atoms with E-state index in [1.54, 1.807) is 11.3 Å². The summed E-state index contributed by atoms with van der Waals surface area (Å²) in [6.45, 7) is 3.29. The molecule has 2 fully saturated rings. The molecule has 0 N–H and O–H groups in total. The van der Waals surface area contributed by atoms with E-state index in [2.05, 4.69) is 11.1 Å². The van der Waals surface area contributed by atoms with Crippen molar-refractivity contribution in [3.05, 3.63) is 28.1 Å². The second-order valence-electron chi connectivity index (χ2n) is 5.82. The molecule has 2 atom stereocenters. The molecule has 3 heterocycles. The van der Waals surface area contributed by atoms with Gasteiger partial charge in [-0.3, -0.25) is 4.79 Å². The van der Waals surface area contributed by atoms with Gasteiger partial charge in [-0.1, -0.05) is 6.07 Å². The molecule has 0 bridgehead atoms. The molecule has 22 heavy (non-hydrogen) atoms. The lowest BCUT2D eigenvalue weighted by atomic mass is 10.1. The van der Waals surface area contributed by atoms with Gasteiger partial charge < -0.3 is 9.64 Å². The van der Waals surface area contributed by atoms with Crippen molar-refractivity contribution < 1.29 is 9.53 Å². The molecule has 6 heteroatoms. The first-order chi connectivity index (χ1) is 10.7. The number of nitrogens with zero attached hydrogens (tertiary/aromatic N) is 2. The van der Waals surface area contributed by atoms with E-state index in [1.165, 1.54) is 11.3 Å². The molecule has 116 valence electrons. The van der Waals surface area contributed by atoms with Gasteiger partial charge in [-0.2, -0.15) is 0 Å². The van der Waals surface area contributed by atoms with Crippen molar-refractivity contribution in [1.29, 1.82) is 0 Å². The van der Waals surface area contributed by atoms with Crippen molar-refractivity contribution in [2.45, 2.75) is 38.3 Å². The first-order valence-corrected chi connectivity index (χ1v) is 9.37. The zero-order chi connectivity index (χ0) is 15.1. The molecule has 0 radical (unpaired) electrons. The van der Waals surface area contributed by atoms with Crippen molar-refractivity contribution in [3.63, 3.8) is 0 Å². The summed E-state index contributed by atoms with van der Waals surface area (Å²) in [7, 11) is 0. The maximum atomic E-state index is 13.0. The minimum atomic E-state index is 0.137. The molecule has 1 saturated heterocycles. The number of thiazole rings is 1. The Morgan fingerprint density at radius 3 is 3.18 bits per heavy atom. The van der Waals surface area contributed by atoms with Crippen LogP contribution in [0.3, 0.4) is 0 Å². The van der Waals surface area contributed by atoms with Crippen molar-refractivity contribution >= 4 is 28.6 Å². The van der Waals surface area contributed by atoms with Gasteiger partial charge in [0, 0.05) is 6.54 Å². The van der Waals surface area contributed by atoms with Gasteiger partial charge in [0.1, 0.15) is 9.88 Å². The van der Waals surface area contributed by atoms with Crippen LogP contribution in [-0.2, 0) is 4.74 Å². The molecule has 0 spiro atoms. The summed E-state index contributed by atoms with van der Waals surface area (Å²) in [4.78, 5) is 21.5. The number of thiophene rings is 1. The number of rotatable bonds is 2. The topological polar surface area (TPSA) is 42.4 Å². The summed E-state index contributed by atoms with van der Waals surface area (Å²) in [5.74, 6) is 0.137. The summed E-state index contributed by atoms with van der Waals surface area (Å²) < 4.78 is 5.81. The highest BCUT2D eigenvalue weighted by Crippen LogP contribution is 2.35. The number of aryl methyl sites for hydroxylation is 1. The van der Waals surface area contributed by atoms with Crippen LogP contribution in [0.1, 0.15) is 34.6 Å². The Kier molecular flexibility index (Phi) is 3.76. The number of fused-ring (bicyclic) bond motifs is 1. The van der Waals surface area contributed by atoms with Gasteiger partial charge in [-0.05, 0) is 37.6 Å². The lowest BCUT2D eigenvalue weighted by Crippen LogP contribution is -2.51. The average molecular weight is 334 g/mol. The molecular weight excluding hydrogens is 316 g/mol. The Bertz CT molecular complexity index is 680. The van der Waals surface area contributed by atoms with Crippen molar-refractivity contribution in [2.24, 2.45) is 0 Å². The van der Waals surface area contributed by atoms with Crippen molar-refractivity contribution in [1.82, 2.24) is 9.88 Å². The molecule has 1 aliphatic carbocycles. The Balaban J connectivity index is 1.62. The zero-order valence-corrected chi connectivity index (χ0v) is 14.1. The van der Waals surface area contributed by atoms with Crippen LogP contribution < -0.4 is 0 Å². The fourth-order valence-electron chi connectivity index (χ4n) is 3.41. The summed E-state index contributed by atoms with van der Waals surface area (Å²) in [6, 6.07) is 4.33. The molecule has 2 aromatic heterocycles. The summed E-state index contributed by atoms with van der Waals surface area (Å²) in [5, 5.41) is 2.99. The van der Waals surface area contributed by atoms with Crippen molar-refractivity contribution in [2.75, 3.05) is 13.2 Å². The van der Waals surface area contributed by atoms with E-state index in [9.17, 15) is 4.79 Å². The molecule has 1 aliphatic heterocycles. The van der Waals surface area contributed by atoms with Crippen LogP contribution in [0.25, 0.3) is 9.88 Å². The van der Waals surface area contributed by atoms with E-state index in [1.807, 2.05) is 23.3 Å². The van der Waals surface area contributed by atoms with Gasteiger partial charge in [0.2, 0.25) is 0 Å². The summed E-state index contributed by atoms with van der Waals surface area (Å²) >= 11 is 3.18. The Morgan fingerprint density at radius 2 is 2.36 bits per heavy atom. The number of carbonyl (C=O) groups is 1. The van der Waals surface area contributed by atoms with Crippen LogP contribution in [0, 0.1) is 6.92 Å². The summed E-state index contributed by atoms with van der Waals surface area (Å²) in [6.07, 6.45) is 3.53. The third-order valence-electron chi connectivity index (χ3n) is 4.47. The molecule has 0 unspecified atom stereocenters. The van der Waals surface area contributed by atoms with E-state index in [4.69, 9.17) is 4.74 Å². The lowest BCUT2D eigenvalue weighted by Gasteiger charge is -2.37. The second-order valence-corrected chi connectivity index (χ2v) is 7.76. The van der Waals surface area contributed by atoms with Gasteiger partial charge in [0.05, 0.1) is 29.3 Å². The molecule has 4 nitrogen and oxygen atoms in total. The van der Waals surface area contributed by atoms with Crippen LogP contribution in [0.4, 0.5) is 0 Å². The fraction of sp³-hybridized carbons (Fsp3) is 0.500. The predicted molar refractivity (Wildman–Crippen MR) is 88.6 cm³/mol. The van der Waals surface area contributed by atoms with E-state index in [-0.39, 0.29) is 18.1 Å². The Labute approximate surface area is 137 Å². The van der Waals surface area contributed by atoms with Gasteiger partial charge in [0.25, 0.3) is 5.91 Å². The minimum Gasteiger partial charge on any atom is -0.374 e. The van der Waals surface area contributed by atoms with E-state index >= 15 is 0 Å². The molecule has 1 saturated carbocycles. The van der Waals surface area contributed by atoms with Gasteiger partial charge >= 0.3 is 0 Å². The number of aromatic nitrogens is 1. The first kappa shape index (κ1) is 14.4. The monoisotopic (exact) mass is 334 g/mol. The highest BCUT2D eigenvalue weighted by Gasteiger charge is 2.39. The second kappa shape index (κ2) is 5.76. The van der Waals surface area contributed by atoms with E-state index in [0.29, 0.717) is 13.2 Å². The average Bonchev–Trinajstić information content (AvgIpc) is 3.25. The van der Waals surface area contributed by atoms with E-state index in [0.717, 1.165) is 39.7 Å². The molecule has 4 rings (SSSR count). The van der Waals surface area contributed by atoms with Gasteiger partial charge in [-0.15, -0.1) is 22.7 Å². The van der Waals surface area contributed by atoms with Gasteiger partial charge in [-0.25, -0.2) is 4.98 Å². The molecule has 0 aromatic carbocycles. The van der Waals surface area contributed by atoms with Crippen LogP contribution in [0.2, 0.25) is 0 Å². The zero-order valence-electron chi connectivity index (χ0n) is 12.4. The third kappa shape index (κ3) is 2.39. The smallest absolute Gasteiger partial charge is 0.266 e. The van der Waals surface area contributed by atoms with Crippen LogP contribution in [0.15, 0.2) is 17.5 Å². The number of ether oxygens (including phenoxy) is 1. The molecular formula is C16H18N2O2S2. The molecule has 1 amide bonds. The van der Waals surface area contributed by atoms with Crippen LogP contribution >= 0.6 is 22.7 Å². The van der Waals surface area contributed by atoms with Gasteiger partial charge in [0.15, 0.2) is 0 Å². The fourth-order valence-corrected chi connectivity index (χ4v) is 5.23. The van der Waals surface area contributed by atoms with Crippen LogP contribution in [0.5, 0.6) is 0 Å². The largest absolute Gasteiger partial charge is 0.374 e. The maximum absolute atomic E-state index is 13.0. The van der Waals surface area contributed by atoms with E-state index < -0.39 is 0 Å². The lowest BCUT2D eigenvalue weighted by molar-refractivity contribution is -0.0444. The minimum absolute atomic E-state index is 0.137. The Morgan fingerprint density at radius 1 is 1.45 bits per heavy atom. The third-order valence-corrected chi connectivity index (χ3v) is 6.65. The standard InChI is InChI=1S/C16H18N2O2S2/c1-10-14(22-15(17-10)13-6-3-9-21-13)16(19)18-7-8-20-12-5-2-4-11(12)18/h3,6,9,11-12H,2,4-5,7-8H2,1H3/t11-,12+/m1/s1. The quantitative estimate of drug-likeness (QED) is 0.843. The van der Waals surface area contributed by atoms with Crippen molar-refractivity contribution in [3.8, 4) is 9.88 Å². The number of morpholine rings is 1. The molecule has 2 aromatic rings. The number of amides is 1. The van der Waals surface area contributed by atoms with Crippen LogP contribution in [-0.4, -0.2) is 41.1 Å². The highest BCUT2D eigenvalue weighted by molar-refractivity contribution is 7.22. The number of carbonyl (C=O) groups excluding carboxylic acids is 1. The number of hydrogen-bond acceptors (Lipinski definition) is 5. The summed E-state index contributed by atoms with van der Waals surface area (Å²) in [5.41, 5.74) is 0.847. The molecule has 2 aliphatic rings. The number of hydrogen-bond donors (Lipinski definition) is 0. The maximum Gasteiger partial charge on any atom is 0.266 e. The predicted octanol–water partition coefficient (Wildman–Crippen LogP) is 3.57. The normalized spacial score (nSPS) is 24.5. The SMILES string of the molecule is Cc1nc(-c2cccs2)sc1C(=O)N1CCO[C@H]2CCC[C@H]21.